The van der Waals surface area contributed by atoms with Crippen molar-refractivity contribution in [2.24, 2.45) is 0 Å². The smallest absolute Gasteiger partial charge is 0.131 e. The summed E-state index contributed by atoms with van der Waals surface area (Å²) in [6.45, 7) is 0. The predicted octanol–water partition coefficient (Wildman–Crippen LogP) is 6.03. The zero-order chi connectivity index (χ0) is 14.8. The van der Waals surface area contributed by atoms with E-state index in [4.69, 9.17) is 11.6 Å². The van der Waals surface area contributed by atoms with Crippen molar-refractivity contribution in [3.63, 3.8) is 0 Å². The van der Waals surface area contributed by atoms with Crippen molar-refractivity contribution in [1.29, 1.82) is 0 Å². The fourth-order valence-electron chi connectivity index (χ4n) is 2.46. The van der Waals surface area contributed by atoms with Crippen molar-refractivity contribution in [1.82, 2.24) is 0 Å². The van der Waals surface area contributed by atoms with Crippen molar-refractivity contribution in [2.75, 3.05) is 6.26 Å². The van der Waals surface area contributed by atoms with Gasteiger partial charge in [-0.25, -0.2) is 4.39 Å². The predicted molar refractivity (Wildman–Crippen MR) is 89.8 cm³/mol. The second-order valence-corrected chi connectivity index (χ2v) is 6.13. The molecule has 0 amide bonds. The van der Waals surface area contributed by atoms with Crippen LogP contribution in [-0.2, 0) is 0 Å². The van der Waals surface area contributed by atoms with Gasteiger partial charge in [0.05, 0.1) is 5.38 Å². The van der Waals surface area contributed by atoms with Crippen molar-refractivity contribution >= 4 is 34.1 Å². The Balaban J connectivity index is 2.08. The van der Waals surface area contributed by atoms with Crippen LogP contribution in [0.1, 0.15) is 16.5 Å². The van der Waals surface area contributed by atoms with Crippen LogP contribution in [-0.4, -0.2) is 6.26 Å². The molecule has 106 valence electrons. The third kappa shape index (κ3) is 2.78. The SMILES string of the molecule is CSc1ccc(C(Cl)c2ccc(F)c3ccccc23)cc1. The minimum Gasteiger partial charge on any atom is -0.206 e. The summed E-state index contributed by atoms with van der Waals surface area (Å²) in [5.41, 5.74) is 1.96. The Bertz CT molecular complexity index is 768. The zero-order valence-electron chi connectivity index (χ0n) is 11.5. The van der Waals surface area contributed by atoms with Gasteiger partial charge in [0.2, 0.25) is 0 Å². The van der Waals surface area contributed by atoms with Gasteiger partial charge in [0.1, 0.15) is 5.82 Å². The highest BCUT2D eigenvalue weighted by Crippen LogP contribution is 2.35. The molecule has 3 aromatic carbocycles. The lowest BCUT2D eigenvalue weighted by molar-refractivity contribution is 0.639. The first-order valence-electron chi connectivity index (χ1n) is 6.66. The Labute approximate surface area is 132 Å². The molecule has 0 aliphatic rings. The Morgan fingerprint density at radius 1 is 0.905 bits per heavy atom. The maximum absolute atomic E-state index is 13.9. The molecule has 0 aromatic heterocycles. The summed E-state index contributed by atoms with van der Waals surface area (Å²) < 4.78 is 13.9. The van der Waals surface area contributed by atoms with Crippen LogP contribution in [0.25, 0.3) is 10.8 Å². The molecule has 1 atom stereocenters. The van der Waals surface area contributed by atoms with E-state index in [9.17, 15) is 4.39 Å². The fourth-order valence-corrected chi connectivity index (χ4v) is 3.20. The molecule has 3 heteroatoms. The summed E-state index contributed by atoms with van der Waals surface area (Å²) in [6, 6.07) is 18.9. The van der Waals surface area contributed by atoms with E-state index in [2.05, 4.69) is 12.1 Å². The van der Waals surface area contributed by atoms with Crippen LogP contribution in [0.2, 0.25) is 0 Å². The van der Waals surface area contributed by atoms with E-state index >= 15 is 0 Å². The van der Waals surface area contributed by atoms with Gasteiger partial charge in [0.25, 0.3) is 0 Å². The van der Waals surface area contributed by atoms with E-state index < -0.39 is 0 Å². The van der Waals surface area contributed by atoms with Gasteiger partial charge in [0.15, 0.2) is 0 Å². The standard InChI is InChI=1S/C18H14ClFS/c1-21-13-8-6-12(7-9-13)18(19)16-10-11-17(20)15-5-3-2-4-14(15)16/h2-11,18H,1H3. The van der Waals surface area contributed by atoms with Gasteiger partial charge in [-0.05, 0) is 41.0 Å². The van der Waals surface area contributed by atoms with Crippen LogP contribution >= 0.6 is 23.4 Å². The lowest BCUT2D eigenvalue weighted by Gasteiger charge is -2.14. The first-order valence-corrected chi connectivity index (χ1v) is 8.32. The van der Waals surface area contributed by atoms with Crippen LogP contribution in [0.3, 0.4) is 0 Å². The lowest BCUT2D eigenvalue weighted by Crippen LogP contribution is -1.96. The summed E-state index contributed by atoms with van der Waals surface area (Å²) in [5, 5.41) is 1.19. The normalized spacial score (nSPS) is 12.5. The average Bonchev–Trinajstić information content (AvgIpc) is 2.55. The third-order valence-electron chi connectivity index (χ3n) is 3.59. The van der Waals surface area contributed by atoms with Crippen molar-refractivity contribution < 1.29 is 4.39 Å². The second-order valence-electron chi connectivity index (χ2n) is 4.82. The highest BCUT2D eigenvalue weighted by Gasteiger charge is 2.15. The number of rotatable bonds is 3. The molecule has 0 saturated carbocycles. The first kappa shape index (κ1) is 14.4. The van der Waals surface area contributed by atoms with Crippen molar-refractivity contribution in [2.45, 2.75) is 10.3 Å². The number of hydrogen-bond donors (Lipinski definition) is 0. The number of benzene rings is 3. The molecule has 0 spiro atoms. The van der Waals surface area contributed by atoms with E-state index in [1.54, 1.807) is 23.9 Å². The van der Waals surface area contributed by atoms with Crippen LogP contribution in [0.4, 0.5) is 4.39 Å². The van der Waals surface area contributed by atoms with E-state index in [0.29, 0.717) is 5.39 Å². The van der Waals surface area contributed by atoms with E-state index in [1.165, 1.54) is 11.0 Å². The first-order chi connectivity index (χ1) is 10.2. The van der Waals surface area contributed by atoms with Crippen LogP contribution < -0.4 is 0 Å². The maximum Gasteiger partial charge on any atom is 0.131 e. The molecular weight excluding hydrogens is 303 g/mol. The van der Waals surface area contributed by atoms with Gasteiger partial charge in [-0.2, -0.15) is 0 Å². The summed E-state index contributed by atoms with van der Waals surface area (Å²) >= 11 is 8.33. The molecule has 0 fully saturated rings. The maximum atomic E-state index is 13.9. The summed E-state index contributed by atoms with van der Waals surface area (Å²) in [7, 11) is 0. The molecule has 3 aromatic rings. The van der Waals surface area contributed by atoms with Gasteiger partial charge in [-0.3, -0.25) is 0 Å². The molecule has 21 heavy (non-hydrogen) atoms. The van der Waals surface area contributed by atoms with Crippen LogP contribution in [0, 0.1) is 5.82 Å². The van der Waals surface area contributed by atoms with E-state index in [-0.39, 0.29) is 11.2 Å². The summed E-state index contributed by atoms with van der Waals surface area (Å²) in [4.78, 5) is 1.20. The van der Waals surface area contributed by atoms with Crippen LogP contribution in [0.15, 0.2) is 65.6 Å². The molecular formula is C18H14ClFS. The Kier molecular flexibility index (Phi) is 4.18. The Hall–Kier alpha value is -1.51. The third-order valence-corrected chi connectivity index (χ3v) is 4.82. The lowest BCUT2D eigenvalue weighted by atomic mass is 9.98. The number of fused-ring (bicyclic) bond motifs is 1. The van der Waals surface area contributed by atoms with Gasteiger partial charge in [-0.15, -0.1) is 23.4 Å². The largest absolute Gasteiger partial charge is 0.206 e. The van der Waals surface area contributed by atoms with Gasteiger partial charge < -0.3 is 0 Å². The molecule has 0 radical (unpaired) electrons. The van der Waals surface area contributed by atoms with Crippen molar-refractivity contribution in [3.05, 3.63) is 77.6 Å². The molecule has 1 unspecified atom stereocenters. The summed E-state index contributed by atoms with van der Waals surface area (Å²) in [5.74, 6) is -0.212. The molecule has 0 bridgehead atoms. The van der Waals surface area contributed by atoms with E-state index in [0.717, 1.165) is 16.5 Å². The summed E-state index contributed by atoms with van der Waals surface area (Å²) in [6.07, 6.45) is 2.04. The van der Waals surface area contributed by atoms with E-state index in [1.807, 2.05) is 36.6 Å². The highest BCUT2D eigenvalue weighted by molar-refractivity contribution is 7.98. The number of alkyl halides is 1. The highest BCUT2D eigenvalue weighted by atomic mass is 35.5. The Morgan fingerprint density at radius 2 is 1.57 bits per heavy atom. The second kappa shape index (κ2) is 6.08. The van der Waals surface area contributed by atoms with Crippen LogP contribution in [0.5, 0.6) is 0 Å². The molecule has 0 aliphatic heterocycles. The number of halogens is 2. The molecule has 3 rings (SSSR count). The van der Waals surface area contributed by atoms with Gasteiger partial charge >= 0.3 is 0 Å². The van der Waals surface area contributed by atoms with Gasteiger partial charge in [-0.1, -0.05) is 42.5 Å². The minimum absolute atomic E-state index is 0.212. The Morgan fingerprint density at radius 3 is 2.24 bits per heavy atom. The molecule has 0 saturated heterocycles. The topological polar surface area (TPSA) is 0 Å². The zero-order valence-corrected chi connectivity index (χ0v) is 13.1. The molecule has 0 heterocycles. The molecule has 0 aliphatic carbocycles. The quantitative estimate of drug-likeness (QED) is 0.420. The number of hydrogen-bond acceptors (Lipinski definition) is 1. The number of thioether (sulfide) groups is 1. The molecule has 0 nitrogen and oxygen atoms in total. The monoisotopic (exact) mass is 316 g/mol. The fraction of sp³-hybridized carbons (Fsp3) is 0.111. The minimum atomic E-state index is -0.286. The van der Waals surface area contributed by atoms with Gasteiger partial charge in [0, 0.05) is 10.3 Å². The molecule has 0 N–H and O–H groups in total. The average molecular weight is 317 g/mol. The van der Waals surface area contributed by atoms with Crippen molar-refractivity contribution in [3.8, 4) is 0 Å².